The number of hydrogen-bond donors (Lipinski definition) is 1. The zero-order valence-electron chi connectivity index (χ0n) is 10.5. The number of thiocarbonyl (C=S) groups is 1. The first-order valence-corrected chi connectivity index (χ1v) is 6.44. The van der Waals surface area contributed by atoms with Crippen LogP contribution in [0, 0.1) is 0 Å². The summed E-state index contributed by atoms with van der Waals surface area (Å²) in [5.41, 5.74) is 6.33. The summed E-state index contributed by atoms with van der Waals surface area (Å²) >= 11 is 4.81. The van der Waals surface area contributed by atoms with E-state index in [0.717, 1.165) is 5.69 Å². The number of nitrogens with zero attached hydrogens (tertiary/aromatic N) is 1. The van der Waals surface area contributed by atoms with Crippen molar-refractivity contribution in [2.45, 2.75) is 25.4 Å². The number of anilines is 1. The van der Waals surface area contributed by atoms with E-state index in [0.29, 0.717) is 24.5 Å². The van der Waals surface area contributed by atoms with Gasteiger partial charge in [-0.15, -0.1) is 0 Å². The molecular formula is C13H17F3N2S. The first-order chi connectivity index (χ1) is 8.88. The average molecular weight is 290 g/mol. The molecule has 6 heteroatoms. The monoisotopic (exact) mass is 290 g/mol. The van der Waals surface area contributed by atoms with Gasteiger partial charge in [-0.05, 0) is 18.6 Å². The molecule has 0 aliphatic carbocycles. The van der Waals surface area contributed by atoms with E-state index in [1.165, 1.54) is 0 Å². The third-order valence-corrected chi connectivity index (χ3v) is 2.84. The summed E-state index contributed by atoms with van der Waals surface area (Å²) in [4.78, 5) is 2.25. The molecule has 0 heterocycles. The summed E-state index contributed by atoms with van der Waals surface area (Å²) in [5.74, 6) is 0. The first kappa shape index (κ1) is 15.8. The fourth-order valence-electron chi connectivity index (χ4n) is 1.72. The molecular weight excluding hydrogens is 273 g/mol. The first-order valence-electron chi connectivity index (χ1n) is 6.03. The van der Waals surface area contributed by atoms with Crippen LogP contribution in [0.25, 0.3) is 0 Å². The van der Waals surface area contributed by atoms with E-state index >= 15 is 0 Å². The molecule has 106 valence electrons. The van der Waals surface area contributed by atoms with Gasteiger partial charge in [-0.3, -0.25) is 0 Å². The van der Waals surface area contributed by atoms with Crippen LogP contribution in [0.2, 0.25) is 0 Å². The third-order valence-electron chi connectivity index (χ3n) is 2.64. The molecule has 0 saturated carbocycles. The summed E-state index contributed by atoms with van der Waals surface area (Å²) in [6, 6.07) is 9.31. The van der Waals surface area contributed by atoms with Gasteiger partial charge < -0.3 is 10.6 Å². The van der Waals surface area contributed by atoms with Crippen LogP contribution in [-0.4, -0.2) is 24.3 Å². The number of para-hydroxylation sites is 1. The highest BCUT2D eigenvalue weighted by Gasteiger charge is 2.26. The summed E-state index contributed by atoms with van der Waals surface area (Å²) in [6.45, 7) is 0.878. The molecule has 0 amide bonds. The van der Waals surface area contributed by atoms with Gasteiger partial charge in [0.25, 0.3) is 0 Å². The lowest BCUT2D eigenvalue weighted by atomic mass is 10.2. The Morgan fingerprint density at radius 1 is 1.16 bits per heavy atom. The molecule has 1 aromatic carbocycles. The summed E-state index contributed by atoms with van der Waals surface area (Å²) in [6.07, 6.45) is -4.32. The van der Waals surface area contributed by atoms with Crippen molar-refractivity contribution in [1.29, 1.82) is 0 Å². The summed E-state index contributed by atoms with van der Waals surface area (Å²) in [5, 5.41) is 0. The van der Waals surface area contributed by atoms with Crippen LogP contribution >= 0.6 is 12.2 Å². The molecule has 0 radical (unpaired) electrons. The lowest BCUT2D eigenvalue weighted by molar-refractivity contribution is -0.135. The number of hydrogen-bond acceptors (Lipinski definition) is 2. The van der Waals surface area contributed by atoms with Crippen molar-refractivity contribution in [1.82, 2.24) is 0 Å². The van der Waals surface area contributed by atoms with Crippen molar-refractivity contribution in [3.05, 3.63) is 30.3 Å². The van der Waals surface area contributed by atoms with Gasteiger partial charge in [0.1, 0.15) is 0 Å². The Morgan fingerprint density at radius 3 is 2.32 bits per heavy atom. The molecule has 2 N–H and O–H groups in total. The van der Waals surface area contributed by atoms with E-state index in [9.17, 15) is 13.2 Å². The Labute approximate surface area is 116 Å². The minimum absolute atomic E-state index is 0.0652. The Balaban J connectivity index is 2.57. The van der Waals surface area contributed by atoms with Crippen LogP contribution in [0.4, 0.5) is 18.9 Å². The molecule has 2 nitrogen and oxygen atoms in total. The van der Waals surface area contributed by atoms with Gasteiger partial charge in [0, 0.05) is 31.6 Å². The fourth-order valence-corrected chi connectivity index (χ4v) is 1.82. The van der Waals surface area contributed by atoms with E-state index in [4.69, 9.17) is 18.0 Å². The topological polar surface area (TPSA) is 29.3 Å². The maximum absolute atomic E-state index is 12.2. The maximum Gasteiger partial charge on any atom is 0.389 e. The van der Waals surface area contributed by atoms with Gasteiger partial charge in [0.15, 0.2) is 0 Å². The number of benzene rings is 1. The van der Waals surface area contributed by atoms with Crippen molar-refractivity contribution < 1.29 is 13.2 Å². The largest absolute Gasteiger partial charge is 0.393 e. The molecule has 0 aliphatic rings. The molecule has 0 aromatic heterocycles. The molecule has 1 aromatic rings. The second-order valence-electron chi connectivity index (χ2n) is 4.26. The second-order valence-corrected chi connectivity index (χ2v) is 4.78. The average Bonchev–Trinajstić information content (AvgIpc) is 2.33. The lowest BCUT2D eigenvalue weighted by Crippen LogP contribution is -2.29. The second kappa shape index (κ2) is 7.33. The van der Waals surface area contributed by atoms with Crippen molar-refractivity contribution in [3.63, 3.8) is 0 Å². The Morgan fingerprint density at radius 2 is 1.79 bits per heavy atom. The van der Waals surface area contributed by atoms with Gasteiger partial charge in [-0.1, -0.05) is 30.4 Å². The van der Waals surface area contributed by atoms with Crippen molar-refractivity contribution >= 4 is 22.9 Å². The van der Waals surface area contributed by atoms with Crippen LogP contribution < -0.4 is 10.6 Å². The van der Waals surface area contributed by atoms with Crippen LogP contribution in [0.3, 0.4) is 0 Å². The number of alkyl halides is 3. The Kier molecular flexibility index (Phi) is 6.08. The van der Waals surface area contributed by atoms with Gasteiger partial charge >= 0.3 is 6.18 Å². The highest BCUT2D eigenvalue weighted by molar-refractivity contribution is 7.80. The molecule has 1 rings (SSSR count). The predicted molar refractivity (Wildman–Crippen MR) is 75.3 cm³/mol. The minimum Gasteiger partial charge on any atom is -0.393 e. The van der Waals surface area contributed by atoms with Crippen LogP contribution in [0.1, 0.15) is 19.3 Å². The molecule has 19 heavy (non-hydrogen) atoms. The van der Waals surface area contributed by atoms with E-state index in [-0.39, 0.29) is 6.42 Å². The molecule has 0 bridgehead atoms. The van der Waals surface area contributed by atoms with Gasteiger partial charge in [0.05, 0.1) is 4.99 Å². The van der Waals surface area contributed by atoms with Crippen molar-refractivity contribution in [3.8, 4) is 0 Å². The van der Waals surface area contributed by atoms with E-state index < -0.39 is 12.6 Å². The Bertz CT molecular complexity index is 393. The number of rotatable bonds is 7. The Hall–Kier alpha value is -1.30. The lowest BCUT2D eigenvalue weighted by Gasteiger charge is -2.25. The van der Waals surface area contributed by atoms with Crippen LogP contribution in [0.5, 0.6) is 0 Å². The molecule has 0 unspecified atom stereocenters. The van der Waals surface area contributed by atoms with Gasteiger partial charge in [-0.25, -0.2) is 0 Å². The van der Waals surface area contributed by atoms with E-state index in [2.05, 4.69) is 0 Å². The van der Waals surface area contributed by atoms with Gasteiger partial charge in [0.2, 0.25) is 0 Å². The number of nitrogens with two attached hydrogens (primary N) is 1. The van der Waals surface area contributed by atoms with Gasteiger partial charge in [-0.2, -0.15) is 13.2 Å². The highest BCUT2D eigenvalue weighted by atomic mass is 32.1. The molecule has 0 atom stereocenters. The summed E-state index contributed by atoms with van der Waals surface area (Å²) in [7, 11) is 0. The summed E-state index contributed by atoms with van der Waals surface area (Å²) < 4.78 is 36.5. The molecule has 0 aliphatic heterocycles. The normalized spacial score (nSPS) is 11.3. The molecule has 0 saturated heterocycles. The predicted octanol–water partition coefficient (Wildman–Crippen LogP) is 3.51. The quantitative estimate of drug-likeness (QED) is 0.779. The van der Waals surface area contributed by atoms with Crippen LogP contribution in [-0.2, 0) is 0 Å². The van der Waals surface area contributed by atoms with Crippen molar-refractivity contribution in [2.24, 2.45) is 5.73 Å². The maximum atomic E-state index is 12.2. The third kappa shape index (κ3) is 7.00. The SMILES string of the molecule is NC(=S)CCN(CCCC(F)(F)F)c1ccccc1. The molecule has 0 fully saturated rings. The molecule has 0 spiro atoms. The van der Waals surface area contributed by atoms with E-state index in [1.807, 2.05) is 35.2 Å². The minimum atomic E-state index is -4.11. The van der Waals surface area contributed by atoms with Crippen molar-refractivity contribution in [2.75, 3.05) is 18.0 Å². The zero-order chi connectivity index (χ0) is 14.3. The standard InChI is InChI=1S/C13H17F3N2S/c14-13(15,16)8-4-9-18(10-7-12(17)19)11-5-2-1-3-6-11/h1-3,5-6H,4,7-10H2,(H2,17,19). The smallest absolute Gasteiger partial charge is 0.389 e. The van der Waals surface area contributed by atoms with Crippen LogP contribution in [0.15, 0.2) is 30.3 Å². The fraction of sp³-hybridized carbons (Fsp3) is 0.462. The number of halogens is 3. The highest BCUT2D eigenvalue weighted by Crippen LogP contribution is 2.22. The van der Waals surface area contributed by atoms with E-state index in [1.54, 1.807) is 0 Å². The zero-order valence-corrected chi connectivity index (χ0v) is 11.3.